The molecule has 2 aromatic rings. The number of hydrogen-bond donors (Lipinski definition) is 0. The Kier molecular flexibility index (Phi) is 2.41. The van der Waals surface area contributed by atoms with Crippen LogP contribution in [0.15, 0.2) is 54.6 Å². The van der Waals surface area contributed by atoms with Crippen molar-refractivity contribution >= 4 is 11.5 Å². The van der Waals surface area contributed by atoms with E-state index < -0.39 is 0 Å². The van der Waals surface area contributed by atoms with Crippen LogP contribution in [-0.2, 0) is 0 Å². The molecule has 3 rings (SSSR count). The van der Waals surface area contributed by atoms with E-state index in [0.29, 0.717) is 0 Å². The molecule has 0 aromatic heterocycles. The average molecular weight is 223 g/mol. The second-order valence-electron chi connectivity index (χ2n) is 4.23. The van der Waals surface area contributed by atoms with Crippen LogP contribution >= 0.6 is 0 Å². The van der Waals surface area contributed by atoms with Crippen molar-refractivity contribution in [1.29, 1.82) is 0 Å². The predicted molar refractivity (Wildman–Crippen MR) is 68.5 cm³/mol. The van der Waals surface area contributed by atoms with E-state index in [9.17, 15) is 4.79 Å². The van der Waals surface area contributed by atoms with E-state index in [4.69, 9.17) is 0 Å². The van der Waals surface area contributed by atoms with Gasteiger partial charge in [-0.15, -0.1) is 0 Å². The van der Waals surface area contributed by atoms with Crippen LogP contribution in [0.25, 0.3) is 0 Å². The van der Waals surface area contributed by atoms with Gasteiger partial charge in [-0.3, -0.25) is 4.79 Å². The quantitative estimate of drug-likeness (QED) is 0.589. The Hall–Kier alpha value is -2.09. The van der Waals surface area contributed by atoms with Crippen LogP contribution in [0.3, 0.4) is 0 Å². The molecular formula is C15H13NO. The zero-order chi connectivity index (χ0) is 11.7. The summed E-state index contributed by atoms with van der Waals surface area (Å²) in [5.41, 5.74) is 2.70. The summed E-state index contributed by atoms with van der Waals surface area (Å²) >= 11 is 0. The maximum atomic E-state index is 12.1. The molecule has 1 heterocycles. The zero-order valence-corrected chi connectivity index (χ0v) is 9.47. The number of rotatable bonds is 3. The van der Waals surface area contributed by atoms with Crippen molar-refractivity contribution in [3.8, 4) is 0 Å². The van der Waals surface area contributed by atoms with Crippen molar-refractivity contribution in [2.24, 2.45) is 0 Å². The minimum Gasteiger partial charge on any atom is -0.368 e. The summed E-state index contributed by atoms with van der Waals surface area (Å²) in [5, 5.41) is 0. The van der Waals surface area contributed by atoms with Gasteiger partial charge in [0.2, 0.25) is 0 Å². The summed E-state index contributed by atoms with van der Waals surface area (Å²) in [6.45, 7) is 2.26. The molecule has 0 spiro atoms. The maximum absolute atomic E-state index is 12.1. The Morgan fingerprint density at radius 2 is 1.41 bits per heavy atom. The number of nitrogens with zero attached hydrogens (tertiary/aromatic N) is 1. The third kappa shape index (κ3) is 2.07. The highest BCUT2D eigenvalue weighted by atomic mass is 16.1. The SMILES string of the molecule is O=C(c1ccccc1)c1ccc(N2CC2)cc1. The molecule has 0 bridgehead atoms. The molecule has 2 nitrogen and oxygen atoms in total. The fraction of sp³-hybridized carbons (Fsp3) is 0.133. The first kappa shape index (κ1) is 10.1. The molecule has 1 aliphatic rings. The highest BCUT2D eigenvalue weighted by Gasteiger charge is 2.17. The first-order valence-electron chi connectivity index (χ1n) is 5.79. The van der Waals surface area contributed by atoms with Gasteiger partial charge in [0.05, 0.1) is 0 Å². The van der Waals surface area contributed by atoms with Crippen molar-refractivity contribution in [2.75, 3.05) is 18.0 Å². The minimum absolute atomic E-state index is 0.0861. The number of hydrogen-bond acceptors (Lipinski definition) is 2. The monoisotopic (exact) mass is 223 g/mol. The molecule has 0 unspecified atom stereocenters. The minimum atomic E-state index is 0.0861. The molecule has 0 saturated carbocycles. The molecule has 2 aromatic carbocycles. The number of ketones is 1. The lowest BCUT2D eigenvalue weighted by molar-refractivity contribution is 0.103. The average Bonchev–Trinajstić information content (AvgIpc) is 3.24. The summed E-state index contributed by atoms with van der Waals surface area (Å²) in [6, 6.07) is 17.2. The predicted octanol–water partition coefficient (Wildman–Crippen LogP) is 2.74. The first-order valence-corrected chi connectivity index (χ1v) is 5.79. The molecule has 17 heavy (non-hydrogen) atoms. The van der Waals surface area contributed by atoms with E-state index >= 15 is 0 Å². The van der Waals surface area contributed by atoms with E-state index in [1.54, 1.807) is 0 Å². The van der Waals surface area contributed by atoms with E-state index in [0.717, 1.165) is 24.2 Å². The van der Waals surface area contributed by atoms with Crippen molar-refractivity contribution in [1.82, 2.24) is 0 Å². The molecule has 0 radical (unpaired) electrons. The van der Waals surface area contributed by atoms with Gasteiger partial charge in [0.25, 0.3) is 0 Å². The van der Waals surface area contributed by atoms with Crippen molar-refractivity contribution in [3.63, 3.8) is 0 Å². The van der Waals surface area contributed by atoms with Crippen molar-refractivity contribution in [2.45, 2.75) is 0 Å². The number of benzene rings is 2. The summed E-state index contributed by atoms with van der Waals surface area (Å²) < 4.78 is 0. The second-order valence-corrected chi connectivity index (χ2v) is 4.23. The summed E-state index contributed by atoms with van der Waals surface area (Å²) in [6.07, 6.45) is 0. The van der Waals surface area contributed by atoms with Gasteiger partial charge in [-0.1, -0.05) is 30.3 Å². The van der Waals surface area contributed by atoms with Gasteiger partial charge < -0.3 is 4.90 Å². The molecule has 1 fully saturated rings. The lowest BCUT2D eigenvalue weighted by Gasteiger charge is -2.04. The lowest BCUT2D eigenvalue weighted by atomic mass is 10.0. The number of carbonyl (C=O) groups excluding carboxylic acids is 1. The lowest BCUT2D eigenvalue weighted by Crippen LogP contribution is -2.01. The Morgan fingerprint density at radius 1 is 0.824 bits per heavy atom. The summed E-state index contributed by atoms with van der Waals surface area (Å²) in [4.78, 5) is 14.4. The van der Waals surface area contributed by atoms with E-state index in [2.05, 4.69) is 4.90 Å². The Labute approximate surface area is 100 Å². The summed E-state index contributed by atoms with van der Waals surface area (Å²) in [7, 11) is 0. The molecular weight excluding hydrogens is 210 g/mol. The van der Waals surface area contributed by atoms with Crippen LogP contribution in [0.1, 0.15) is 15.9 Å². The third-order valence-electron chi connectivity index (χ3n) is 2.98. The molecule has 0 atom stereocenters. The molecule has 0 N–H and O–H groups in total. The standard InChI is InChI=1S/C15H13NO/c17-15(12-4-2-1-3-5-12)13-6-8-14(9-7-13)16-10-11-16/h1-9H,10-11H2. The van der Waals surface area contributed by atoms with Gasteiger partial charge in [-0.2, -0.15) is 0 Å². The smallest absolute Gasteiger partial charge is 0.193 e. The largest absolute Gasteiger partial charge is 0.368 e. The number of carbonyl (C=O) groups is 1. The Morgan fingerprint density at radius 3 is 2.00 bits per heavy atom. The molecule has 1 saturated heterocycles. The van der Waals surface area contributed by atoms with Gasteiger partial charge in [-0.25, -0.2) is 0 Å². The Balaban J connectivity index is 1.86. The van der Waals surface area contributed by atoms with Gasteiger partial charge in [-0.05, 0) is 24.3 Å². The van der Waals surface area contributed by atoms with E-state index in [-0.39, 0.29) is 5.78 Å². The van der Waals surface area contributed by atoms with Gasteiger partial charge >= 0.3 is 0 Å². The van der Waals surface area contributed by atoms with Crippen LogP contribution in [0.5, 0.6) is 0 Å². The van der Waals surface area contributed by atoms with E-state index in [1.807, 2.05) is 54.6 Å². The fourth-order valence-electron chi connectivity index (χ4n) is 1.89. The van der Waals surface area contributed by atoms with Gasteiger partial charge in [0, 0.05) is 29.9 Å². The van der Waals surface area contributed by atoms with Crippen LogP contribution in [0.2, 0.25) is 0 Å². The highest BCUT2D eigenvalue weighted by Crippen LogP contribution is 2.22. The second kappa shape index (κ2) is 4.06. The summed E-state index contributed by atoms with van der Waals surface area (Å²) in [5.74, 6) is 0.0861. The molecule has 1 aliphatic heterocycles. The molecule has 0 aliphatic carbocycles. The third-order valence-corrected chi connectivity index (χ3v) is 2.98. The van der Waals surface area contributed by atoms with Crippen LogP contribution in [0, 0.1) is 0 Å². The first-order chi connectivity index (χ1) is 8.34. The Bertz CT molecular complexity index is 527. The highest BCUT2D eigenvalue weighted by molar-refractivity contribution is 6.09. The van der Waals surface area contributed by atoms with Gasteiger partial charge in [0.15, 0.2) is 5.78 Å². The molecule has 2 heteroatoms. The van der Waals surface area contributed by atoms with Crippen molar-refractivity contribution in [3.05, 3.63) is 65.7 Å². The van der Waals surface area contributed by atoms with E-state index in [1.165, 1.54) is 5.69 Å². The maximum Gasteiger partial charge on any atom is 0.193 e. The molecule has 0 amide bonds. The number of anilines is 1. The van der Waals surface area contributed by atoms with Gasteiger partial charge in [0.1, 0.15) is 0 Å². The van der Waals surface area contributed by atoms with Crippen LogP contribution in [0.4, 0.5) is 5.69 Å². The van der Waals surface area contributed by atoms with Crippen LogP contribution in [-0.4, -0.2) is 18.9 Å². The molecule has 84 valence electrons. The topological polar surface area (TPSA) is 20.1 Å². The zero-order valence-electron chi connectivity index (χ0n) is 9.47. The normalized spacial score (nSPS) is 13.5. The van der Waals surface area contributed by atoms with Crippen LogP contribution < -0.4 is 4.90 Å². The fourth-order valence-corrected chi connectivity index (χ4v) is 1.89. The van der Waals surface area contributed by atoms with Crippen molar-refractivity contribution < 1.29 is 4.79 Å².